The lowest BCUT2D eigenvalue weighted by Crippen LogP contribution is -2.05. The molecule has 0 bridgehead atoms. The topological polar surface area (TPSA) is 52.1 Å². The maximum absolute atomic E-state index is 10.9. The smallest absolute Gasteiger partial charge is 0.361 e. The molecule has 0 aliphatic heterocycles. The van der Waals surface area contributed by atoms with Crippen LogP contribution in [0.25, 0.3) is 0 Å². The molecule has 1 aromatic heterocycles. The van der Waals surface area contributed by atoms with Crippen molar-refractivity contribution in [1.82, 2.24) is 9.59 Å². The molecule has 0 saturated heterocycles. The average molecular weight is 193 g/mol. The van der Waals surface area contributed by atoms with Crippen molar-refractivity contribution in [2.75, 3.05) is 6.61 Å². The van der Waals surface area contributed by atoms with Gasteiger partial charge in [0.15, 0.2) is 0 Å². The maximum Gasteiger partial charge on any atom is 0.361 e. The van der Waals surface area contributed by atoms with Crippen LogP contribution >= 0.6 is 23.1 Å². The molecule has 4 nitrogen and oxygen atoms in total. The Hall–Kier alpha value is -0.680. The highest BCUT2D eigenvalue weighted by Crippen LogP contribution is 2.17. The molecule has 0 fully saturated rings. The zero-order chi connectivity index (χ0) is 8.27. The van der Waals surface area contributed by atoms with Crippen LogP contribution < -0.4 is 0 Å². The van der Waals surface area contributed by atoms with Crippen LogP contribution in [0.5, 0.6) is 0 Å². The van der Waals surface area contributed by atoms with Gasteiger partial charge in [-0.25, -0.2) is 4.79 Å². The monoisotopic (exact) mass is 192 g/mol. The number of aromatic nitrogens is 2. The number of ether oxygens (including phenoxy) is 1. The van der Waals surface area contributed by atoms with E-state index in [1.165, 1.54) is 0 Å². The van der Waals surface area contributed by atoms with E-state index >= 15 is 0 Å². The molecule has 0 saturated carbocycles. The Labute approximate surface area is 72.3 Å². The predicted molar refractivity (Wildman–Crippen MR) is 40.9 cm³/mol. The molecule has 1 aromatic rings. The van der Waals surface area contributed by atoms with Crippen LogP contribution in [0.3, 0.4) is 0 Å². The Morgan fingerprint density at radius 1 is 1.82 bits per heavy atom. The van der Waals surface area contributed by atoms with Crippen LogP contribution in [-0.4, -0.2) is 22.2 Å². The van der Waals surface area contributed by atoms with E-state index in [4.69, 9.17) is 11.6 Å². The van der Waals surface area contributed by atoms with E-state index in [9.17, 15) is 4.79 Å². The SMILES string of the molecule is CCOC(=O)c1nnsc1Cl. The number of carbonyl (C=O) groups excluding carboxylic acids is 1. The molecule has 0 N–H and O–H groups in total. The molecule has 0 aromatic carbocycles. The van der Waals surface area contributed by atoms with Gasteiger partial charge in [-0.1, -0.05) is 16.1 Å². The summed E-state index contributed by atoms with van der Waals surface area (Å²) in [6, 6.07) is 0. The van der Waals surface area contributed by atoms with E-state index in [0.29, 0.717) is 6.61 Å². The van der Waals surface area contributed by atoms with Gasteiger partial charge in [0.05, 0.1) is 6.61 Å². The second-order valence-electron chi connectivity index (χ2n) is 1.62. The summed E-state index contributed by atoms with van der Waals surface area (Å²) in [5.74, 6) is -0.522. The first kappa shape index (κ1) is 8.42. The second-order valence-corrected chi connectivity index (χ2v) is 2.97. The van der Waals surface area contributed by atoms with Gasteiger partial charge in [-0.05, 0) is 6.92 Å². The molecule has 0 aliphatic rings. The van der Waals surface area contributed by atoms with Crippen LogP contribution in [0.4, 0.5) is 0 Å². The molecule has 1 rings (SSSR count). The molecule has 0 atom stereocenters. The third-order valence-electron chi connectivity index (χ3n) is 0.917. The number of hydrogen-bond donors (Lipinski definition) is 0. The molecule has 1 heterocycles. The second kappa shape index (κ2) is 3.64. The predicted octanol–water partition coefficient (Wildman–Crippen LogP) is 1.37. The van der Waals surface area contributed by atoms with Crippen LogP contribution in [0.2, 0.25) is 4.34 Å². The first-order valence-corrected chi connectivity index (χ1v) is 4.05. The van der Waals surface area contributed by atoms with Crippen LogP contribution in [0.15, 0.2) is 0 Å². The van der Waals surface area contributed by atoms with Gasteiger partial charge in [0.1, 0.15) is 4.34 Å². The summed E-state index contributed by atoms with van der Waals surface area (Å²) in [5, 5.41) is 3.50. The number of nitrogens with zero attached hydrogens (tertiary/aromatic N) is 2. The third kappa shape index (κ3) is 1.87. The fourth-order valence-corrected chi connectivity index (χ4v) is 1.11. The van der Waals surface area contributed by atoms with Crippen LogP contribution in [0.1, 0.15) is 17.4 Å². The molecule has 6 heteroatoms. The zero-order valence-corrected chi connectivity index (χ0v) is 7.28. The molecule has 0 unspecified atom stereocenters. The van der Waals surface area contributed by atoms with Gasteiger partial charge in [-0.3, -0.25) is 0 Å². The minimum Gasteiger partial charge on any atom is -0.461 e. The molecule has 11 heavy (non-hydrogen) atoms. The van der Waals surface area contributed by atoms with Gasteiger partial charge in [0.2, 0.25) is 5.69 Å². The van der Waals surface area contributed by atoms with E-state index in [2.05, 4.69) is 14.3 Å². The van der Waals surface area contributed by atoms with Crippen molar-refractivity contribution in [2.24, 2.45) is 0 Å². The summed E-state index contributed by atoms with van der Waals surface area (Å²) in [4.78, 5) is 10.9. The van der Waals surface area contributed by atoms with Gasteiger partial charge < -0.3 is 4.74 Å². The molecular weight excluding hydrogens is 188 g/mol. The van der Waals surface area contributed by atoms with E-state index < -0.39 is 5.97 Å². The summed E-state index contributed by atoms with van der Waals surface area (Å²) in [7, 11) is 0. The first-order valence-electron chi connectivity index (χ1n) is 2.90. The Morgan fingerprint density at radius 2 is 2.55 bits per heavy atom. The zero-order valence-electron chi connectivity index (χ0n) is 5.70. The Bertz CT molecular complexity index is 263. The molecule has 0 amide bonds. The van der Waals surface area contributed by atoms with Crippen molar-refractivity contribution in [3.8, 4) is 0 Å². The van der Waals surface area contributed by atoms with Gasteiger partial charge in [0.25, 0.3) is 0 Å². The summed E-state index contributed by atoms with van der Waals surface area (Å²) >= 11 is 6.53. The Morgan fingerprint density at radius 3 is 3.00 bits per heavy atom. The minimum atomic E-state index is -0.522. The van der Waals surface area contributed by atoms with Crippen molar-refractivity contribution >= 4 is 29.1 Å². The van der Waals surface area contributed by atoms with Gasteiger partial charge in [-0.15, -0.1) is 5.10 Å². The molecule has 0 aliphatic carbocycles. The molecule has 0 spiro atoms. The third-order valence-corrected chi connectivity index (χ3v) is 1.82. The number of carbonyl (C=O) groups is 1. The molecular formula is C5H5ClN2O2S. The van der Waals surface area contributed by atoms with E-state index in [1.807, 2.05) is 0 Å². The number of rotatable bonds is 2. The Kier molecular flexibility index (Phi) is 2.78. The van der Waals surface area contributed by atoms with Crippen molar-refractivity contribution in [3.63, 3.8) is 0 Å². The van der Waals surface area contributed by atoms with Gasteiger partial charge in [-0.2, -0.15) is 0 Å². The summed E-state index contributed by atoms with van der Waals surface area (Å²) in [5.41, 5.74) is 0.0958. The summed E-state index contributed by atoms with van der Waals surface area (Å²) in [6.45, 7) is 2.03. The first-order chi connectivity index (χ1) is 5.25. The lowest BCUT2D eigenvalue weighted by molar-refractivity contribution is 0.0519. The standard InChI is InChI=1S/C5H5ClN2O2S/c1-2-10-5(9)3-4(6)11-8-7-3/h2H2,1H3. The van der Waals surface area contributed by atoms with E-state index in [-0.39, 0.29) is 10.0 Å². The van der Waals surface area contributed by atoms with Crippen molar-refractivity contribution in [1.29, 1.82) is 0 Å². The van der Waals surface area contributed by atoms with Crippen LogP contribution in [0, 0.1) is 0 Å². The minimum absolute atomic E-state index is 0.0958. The van der Waals surface area contributed by atoms with Crippen molar-refractivity contribution < 1.29 is 9.53 Å². The highest BCUT2D eigenvalue weighted by molar-refractivity contribution is 7.10. The normalized spacial score (nSPS) is 9.64. The van der Waals surface area contributed by atoms with Gasteiger partial charge >= 0.3 is 5.97 Å². The fourth-order valence-electron chi connectivity index (χ4n) is 0.500. The molecule has 0 radical (unpaired) electrons. The van der Waals surface area contributed by atoms with Crippen LogP contribution in [-0.2, 0) is 4.74 Å². The lowest BCUT2D eigenvalue weighted by atomic mass is 10.5. The maximum atomic E-state index is 10.9. The number of halogens is 1. The number of esters is 1. The van der Waals surface area contributed by atoms with E-state index in [0.717, 1.165) is 11.5 Å². The highest BCUT2D eigenvalue weighted by Gasteiger charge is 2.15. The molecule has 60 valence electrons. The summed E-state index contributed by atoms with van der Waals surface area (Å²) in [6.07, 6.45) is 0. The van der Waals surface area contributed by atoms with Gasteiger partial charge in [0, 0.05) is 11.5 Å². The number of hydrogen-bond acceptors (Lipinski definition) is 5. The highest BCUT2D eigenvalue weighted by atomic mass is 35.5. The Balaban J connectivity index is 2.76. The summed E-state index contributed by atoms with van der Waals surface area (Å²) < 4.78 is 8.40. The average Bonchev–Trinajstić information content (AvgIpc) is 2.36. The quantitative estimate of drug-likeness (QED) is 0.665. The lowest BCUT2D eigenvalue weighted by Gasteiger charge is -1.95. The van der Waals surface area contributed by atoms with E-state index in [1.54, 1.807) is 6.92 Å². The van der Waals surface area contributed by atoms with Crippen molar-refractivity contribution in [3.05, 3.63) is 10.0 Å². The fraction of sp³-hybridized carbons (Fsp3) is 0.400. The largest absolute Gasteiger partial charge is 0.461 e. The van der Waals surface area contributed by atoms with Crippen molar-refractivity contribution in [2.45, 2.75) is 6.92 Å².